The first-order chi connectivity index (χ1) is 13.1. The fourth-order valence-corrected chi connectivity index (χ4v) is 4.30. The molecule has 0 atom stereocenters. The van der Waals surface area contributed by atoms with Gasteiger partial charge in [0.2, 0.25) is 5.28 Å². The Morgan fingerprint density at radius 3 is 2.46 bits per heavy atom. The monoisotopic (exact) mass is 433 g/mol. The number of aliphatic imine (C=N–C) groups is 1. The number of nitrogens with two attached hydrogens (primary N) is 2. The van der Waals surface area contributed by atoms with Crippen molar-refractivity contribution in [1.82, 2.24) is 19.5 Å². The highest BCUT2D eigenvalue weighted by molar-refractivity contribution is 7.53. The van der Waals surface area contributed by atoms with Crippen LogP contribution in [0.5, 0.6) is 0 Å². The zero-order valence-corrected chi connectivity index (χ0v) is 17.9. The van der Waals surface area contributed by atoms with Crippen LogP contribution in [0, 0.1) is 0 Å². The van der Waals surface area contributed by atoms with Crippen molar-refractivity contribution in [2.45, 2.75) is 46.4 Å². The van der Waals surface area contributed by atoms with Crippen molar-refractivity contribution in [1.29, 1.82) is 0 Å². The van der Waals surface area contributed by atoms with Gasteiger partial charge in [0.05, 0.1) is 25.1 Å². The van der Waals surface area contributed by atoms with Crippen molar-refractivity contribution in [3.63, 3.8) is 0 Å². The standard InChI is InChI=1S/C15H25ClN7O4P/c1-9(2)26-28(24,27-10(3)4)8-25-6-5-23-7-19-11-12(21-15(17)18)20-14(16)22-13(11)23/h7,9-10H,5-6,8H2,1-4H3,(H4,17,18,20,21,22). The van der Waals surface area contributed by atoms with Crippen LogP contribution in [0.15, 0.2) is 11.3 Å². The van der Waals surface area contributed by atoms with Gasteiger partial charge in [-0.3, -0.25) is 4.57 Å². The maximum absolute atomic E-state index is 12.7. The van der Waals surface area contributed by atoms with Crippen LogP contribution in [0.2, 0.25) is 5.28 Å². The molecule has 0 unspecified atom stereocenters. The van der Waals surface area contributed by atoms with Gasteiger partial charge in [-0.1, -0.05) is 0 Å². The van der Waals surface area contributed by atoms with Gasteiger partial charge in [0, 0.05) is 6.54 Å². The van der Waals surface area contributed by atoms with Crippen LogP contribution in [-0.2, 0) is 24.9 Å². The summed E-state index contributed by atoms with van der Waals surface area (Å²) < 4.78 is 30.9. The molecule has 2 aromatic heterocycles. The molecule has 2 aromatic rings. The minimum absolute atomic E-state index is 0.0182. The van der Waals surface area contributed by atoms with Gasteiger partial charge in [-0.15, -0.1) is 0 Å². The first-order valence-corrected chi connectivity index (χ1v) is 10.7. The molecule has 0 saturated carbocycles. The third-order valence-electron chi connectivity index (χ3n) is 3.12. The molecule has 0 aliphatic heterocycles. The van der Waals surface area contributed by atoms with Gasteiger partial charge in [-0.25, -0.2) is 4.98 Å². The van der Waals surface area contributed by atoms with Gasteiger partial charge in [0.15, 0.2) is 22.9 Å². The summed E-state index contributed by atoms with van der Waals surface area (Å²) in [5, 5.41) is -0.0182. The Hall–Kier alpha value is -1.78. The Labute approximate surface area is 168 Å². The largest absolute Gasteiger partial charge is 0.370 e. The van der Waals surface area contributed by atoms with E-state index in [9.17, 15) is 4.57 Å². The van der Waals surface area contributed by atoms with Crippen molar-refractivity contribution in [3.05, 3.63) is 11.6 Å². The number of aromatic nitrogens is 4. The van der Waals surface area contributed by atoms with E-state index in [1.807, 2.05) is 0 Å². The zero-order chi connectivity index (χ0) is 20.9. The van der Waals surface area contributed by atoms with Crippen molar-refractivity contribution in [2.24, 2.45) is 16.5 Å². The van der Waals surface area contributed by atoms with Crippen LogP contribution in [0.4, 0.5) is 5.82 Å². The minimum Gasteiger partial charge on any atom is -0.370 e. The van der Waals surface area contributed by atoms with Crippen LogP contribution in [-0.4, -0.2) is 50.6 Å². The summed E-state index contributed by atoms with van der Waals surface area (Å²) >= 11 is 5.94. The highest BCUT2D eigenvalue weighted by Crippen LogP contribution is 2.50. The fraction of sp³-hybridized carbons (Fsp3) is 0.600. The number of nitrogens with zero attached hydrogens (tertiary/aromatic N) is 5. The molecule has 28 heavy (non-hydrogen) atoms. The average molecular weight is 434 g/mol. The van der Waals surface area contributed by atoms with E-state index in [4.69, 9.17) is 36.9 Å². The Morgan fingerprint density at radius 2 is 1.89 bits per heavy atom. The summed E-state index contributed by atoms with van der Waals surface area (Å²) in [5.41, 5.74) is 11.6. The van der Waals surface area contributed by atoms with E-state index in [-0.39, 0.29) is 42.2 Å². The van der Waals surface area contributed by atoms with Gasteiger partial charge in [-0.2, -0.15) is 15.0 Å². The Kier molecular flexibility index (Phi) is 7.73. The zero-order valence-electron chi connectivity index (χ0n) is 16.2. The van der Waals surface area contributed by atoms with Crippen LogP contribution in [0.25, 0.3) is 11.2 Å². The second-order valence-corrected chi connectivity index (χ2v) is 8.66. The lowest BCUT2D eigenvalue weighted by molar-refractivity contribution is 0.0961. The molecule has 0 bridgehead atoms. The van der Waals surface area contributed by atoms with Crippen LogP contribution >= 0.6 is 19.2 Å². The maximum Gasteiger partial charge on any atom is 0.356 e. The molecule has 13 heteroatoms. The molecule has 0 aliphatic carbocycles. The third-order valence-corrected chi connectivity index (χ3v) is 5.28. The predicted molar refractivity (Wildman–Crippen MR) is 107 cm³/mol. The Morgan fingerprint density at radius 1 is 1.25 bits per heavy atom. The normalized spacial score (nSPS) is 12.2. The average Bonchev–Trinajstić information content (AvgIpc) is 2.92. The van der Waals surface area contributed by atoms with Crippen molar-refractivity contribution >= 4 is 42.1 Å². The number of fused-ring (bicyclic) bond motifs is 1. The highest BCUT2D eigenvalue weighted by atomic mass is 35.5. The maximum atomic E-state index is 12.7. The quantitative estimate of drug-likeness (QED) is 0.189. The van der Waals surface area contributed by atoms with Gasteiger partial charge in [0.25, 0.3) is 0 Å². The molecule has 0 aromatic carbocycles. The molecular formula is C15H25ClN7O4P. The molecule has 0 spiro atoms. The van der Waals surface area contributed by atoms with Gasteiger partial charge >= 0.3 is 7.60 Å². The van der Waals surface area contributed by atoms with E-state index in [1.165, 1.54) is 0 Å². The number of imidazole rings is 1. The summed E-state index contributed by atoms with van der Waals surface area (Å²) in [6, 6.07) is 0. The lowest BCUT2D eigenvalue weighted by Crippen LogP contribution is -2.22. The molecule has 0 saturated heterocycles. The number of guanidine groups is 1. The first-order valence-electron chi connectivity index (χ1n) is 8.61. The summed E-state index contributed by atoms with van der Waals surface area (Å²) in [6.45, 7) is 7.72. The second-order valence-electron chi connectivity index (χ2n) is 6.42. The molecular weight excluding hydrogens is 409 g/mol. The molecule has 0 fully saturated rings. The fourth-order valence-electron chi connectivity index (χ4n) is 2.33. The lowest BCUT2D eigenvalue weighted by Gasteiger charge is -2.22. The van der Waals surface area contributed by atoms with Gasteiger partial charge in [0.1, 0.15) is 6.35 Å². The van der Waals surface area contributed by atoms with Crippen molar-refractivity contribution < 1.29 is 18.3 Å². The smallest absolute Gasteiger partial charge is 0.356 e. The van der Waals surface area contributed by atoms with E-state index in [0.717, 1.165) is 0 Å². The molecule has 11 nitrogen and oxygen atoms in total. The van der Waals surface area contributed by atoms with Gasteiger partial charge < -0.3 is 29.8 Å². The van der Waals surface area contributed by atoms with E-state index >= 15 is 0 Å². The number of halogens is 1. The lowest BCUT2D eigenvalue weighted by atomic mass is 10.5. The summed E-state index contributed by atoms with van der Waals surface area (Å²) in [5.74, 6) is 0.00911. The predicted octanol–water partition coefficient (Wildman–Crippen LogP) is 2.40. The Bertz CT molecular complexity index is 869. The highest BCUT2D eigenvalue weighted by Gasteiger charge is 2.28. The number of rotatable bonds is 10. The molecule has 0 aliphatic rings. The number of hydrogen-bond donors (Lipinski definition) is 2. The summed E-state index contributed by atoms with van der Waals surface area (Å²) in [7, 11) is -3.36. The molecule has 0 radical (unpaired) electrons. The number of ether oxygens (including phenoxy) is 1. The number of hydrogen-bond acceptors (Lipinski definition) is 8. The summed E-state index contributed by atoms with van der Waals surface area (Å²) in [6.07, 6.45) is 0.877. The molecule has 2 heterocycles. The van der Waals surface area contributed by atoms with Gasteiger partial charge in [-0.05, 0) is 39.3 Å². The van der Waals surface area contributed by atoms with Crippen molar-refractivity contribution in [3.8, 4) is 0 Å². The topological polar surface area (TPSA) is 153 Å². The van der Waals surface area contributed by atoms with Crippen LogP contribution in [0.1, 0.15) is 27.7 Å². The summed E-state index contributed by atoms with van der Waals surface area (Å²) in [4.78, 5) is 16.2. The molecule has 4 N–H and O–H groups in total. The van der Waals surface area contributed by atoms with Crippen LogP contribution < -0.4 is 11.5 Å². The molecule has 0 amide bonds. The third kappa shape index (κ3) is 6.39. The SMILES string of the molecule is CC(C)OP(=O)(COCCn1cnc2c(N=C(N)N)nc(Cl)nc21)OC(C)C. The van der Waals surface area contributed by atoms with Crippen LogP contribution in [0.3, 0.4) is 0 Å². The van der Waals surface area contributed by atoms with E-state index in [0.29, 0.717) is 17.7 Å². The first kappa shape index (κ1) is 22.5. The molecule has 156 valence electrons. The second kappa shape index (κ2) is 9.62. The minimum atomic E-state index is -3.36. The Balaban J connectivity index is 2.07. The van der Waals surface area contributed by atoms with E-state index in [2.05, 4.69) is 19.9 Å². The molecule has 2 rings (SSSR count). The van der Waals surface area contributed by atoms with E-state index in [1.54, 1.807) is 38.6 Å². The van der Waals surface area contributed by atoms with E-state index < -0.39 is 7.60 Å². The van der Waals surface area contributed by atoms with Crippen molar-refractivity contribution in [2.75, 3.05) is 13.0 Å².